The molecule has 20 heavy (non-hydrogen) atoms. The van der Waals surface area contributed by atoms with Gasteiger partial charge in [0.05, 0.1) is 5.56 Å². The number of aromatic nitrogens is 1. The highest BCUT2D eigenvalue weighted by atomic mass is 16.3. The molecule has 1 aliphatic rings. The molecule has 1 amide bonds. The van der Waals surface area contributed by atoms with Crippen molar-refractivity contribution in [2.45, 2.75) is 59.0 Å². The van der Waals surface area contributed by atoms with E-state index in [-0.39, 0.29) is 18.6 Å². The fraction of sp³-hybridized carbons (Fsp3) is 0.688. The minimum absolute atomic E-state index is 0.0165. The second-order valence-electron chi connectivity index (χ2n) is 6.22. The third kappa shape index (κ3) is 3.06. The standard InChI is InChI=1S/C16H26N2O2/c1-10(2)15(7-8-19)17-16(20)14-9-11(3)18(12(14)4)13-5-6-13/h9-10,13,15,19H,5-8H2,1-4H3,(H,17,20). The molecule has 0 saturated heterocycles. The summed E-state index contributed by atoms with van der Waals surface area (Å²) in [4.78, 5) is 12.5. The molecular weight excluding hydrogens is 252 g/mol. The summed E-state index contributed by atoms with van der Waals surface area (Å²) < 4.78 is 2.28. The molecule has 1 aliphatic carbocycles. The highest BCUT2D eigenvalue weighted by molar-refractivity contribution is 5.96. The van der Waals surface area contributed by atoms with Crippen molar-refractivity contribution in [1.29, 1.82) is 0 Å². The fourth-order valence-corrected chi connectivity index (χ4v) is 2.86. The van der Waals surface area contributed by atoms with Crippen molar-refractivity contribution in [3.05, 3.63) is 23.0 Å². The normalized spacial score (nSPS) is 16.5. The molecular formula is C16H26N2O2. The smallest absolute Gasteiger partial charge is 0.253 e. The van der Waals surface area contributed by atoms with Crippen LogP contribution < -0.4 is 5.32 Å². The highest BCUT2D eigenvalue weighted by Gasteiger charge is 2.28. The van der Waals surface area contributed by atoms with Gasteiger partial charge in [-0.2, -0.15) is 0 Å². The molecule has 0 aliphatic heterocycles. The van der Waals surface area contributed by atoms with Gasteiger partial charge in [0.15, 0.2) is 0 Å². The SMILES string of the molecule is Cc1cc(C(=O)NC(CCO)C(C)C)c(C)n1C1CC1. The van der Waals surface area contributed by atoms with Gasteiger partial charge in [0, 0.05) is 30.1 Å². The van der Waals surface area contributed by atoms with Crippen molar-refractivity contribution < 1.29 is 9.90 Å². The number of nitrogens with zero attached hydrogens (tertiary/aromatic N) is 1. The molecule has 0 bridgehead atoms. The van der Waals surface area contributed by atoms with Gasteiger partial charge in [-0.25, -0.2) is 0 Å². The molecule has 1 aromatic heterocycles. The number of carbonyl (C=O) groups is 1. The lowest BCUT2D eigenvalue weighted by atomic mass is 10.0. The van der Waals surface area contributed by atoms with Crippen LogP contribution in [0.4, 0.5) is 0 Å². The summed E-state index contributed by atoms with van der Waals surface area (Å²) in [5.41, 5.74) is 3.00. The Balaban J connectivity index is 2.14. The summed E-state index contributed by atoms with van der Waals surface area (Å²) in [5, 5.41) is 12.2. The van der Waals surface area contributed by atoms with Gasteiger partial charge in [0.1, 0.15) is 0 Å². The van der Waals surface area contributed by atoms with E-state index in [1.807, 2.05) is 13.0 Å². The Morgan fingerprint density at radius 2 is 2.10 bits per heavy atom. The van der Waals surface area contributed by atoms with E-state index < -0.39 is 0 Å². The number of rotatable bonds is 6. The minimum Gasteiger partial charge on any atom is -0.396 e. The number of aryl methyl sites for hydroxylation is 1. The van der Waals surface area contributed by atoms with Crippen molar-refractivity contribution in [3.8, 4) is 0 Å². The van der Waals surface area contributed by atoms with Crippen LogP contribution in [0.1, 0.15) is 60.9 Å². The van der Waals surface area contributed by atoms with Crippen LogP contribution in [-0.2, 0) is 0 Å². The van der Waals surface area contributed by atoms with Crippen LogP contribution in [0.15, 0.2) is 6.07 Å². The number of aliphatic hydroxyl groups excluding tert-OH is 1. The van der Waals surface area contributed by atoms with Gasteiger partial charge in [-0.05, 0) is 45.1 Å². The molecule has 1 saturated carbocycles. The molecule has 0 radical (unpaired) electrons. The van der Waals surface area contributed by atoms with Gasteiger partial charge in [0.25, 0.3) is 5.91 Å². The first-order valence-corrected chi connectivity index (χ1v) is 7.55. The van der Waals surface area contributed by atoms with Gasteiger partial charge in [-0.3, -0.25) is 4.79 Å². The first-order chi connectivity index (χ1) is 9.45. The lowest BCUT2D eigenvalue weighted by Gasteiger charge is -2.21. The second kappa shape index (κ2) is 6.00. The molecule has 4 heteroatoms. The van der Waals surface area contributed by atoms with E-state index in [1.54, 1.807) is 0 Å². The Morgan fingerprint density at radius 1 is 1.45 bits per heavy atom. The van der Waals surface area contributed by atoms with E-state index in [0.717, 1.165) is 11.3 Å². The molecule has 0 aromatic carbocycles. The van der Waals surface area contributed by atoms with Crippen molar-refractivity contribution in [2.75, 3.05) is 6.61 Å². The molecule has 112 valence electrons. The number of amides is 1. The van der Waals surface area contributed by atoms with E-state index in [9.17, 15) is 4.79 Å². The van der Waals surface area contributed by atoms with Gasteiger partial charge in [-0.15, -0.1) is 0 Å². The molecule has 2 N–H and O–H groups in total. The van der Waals surface area contributed by atoms with E-state index in [0.29, 0.717) is 18.4 Å². The van der Waals surface area contributed by atoms with Crippen LogP contribution in [0.5, 0.6) is 0 Å². The highest BCUT2D eigenvalue weighted by Crippen LogP contribution is 2.38. The molecule has 4 nitrogen and oxygen atoms in total. The quantitative estimate of drug-likeness (QED) is 0.840. The number of carbonyl (C=O) groups excluding carboxylic acids is 1. The minimum atomic E-state index is -0.0165. The largest absolute Gasteiger partial charge is 0.396 e. The van der Waals surface area contributed by atoms with Crippen molar-refractivity contribution in [3.63, 3.8) is 0 Å². The number of nitrogens with one attached hydrogen (secondary N) is 1. The van der Waals surface area contributed by atoms with Crippen LogP contribution in [0.2, 0.25) is 0 Å². The van der Waals surface area contributed by atoms with Gasteiger partial charge < -0.3 is 15.0 Å². The second-order valence-corrected chi connectivity index (χ2v) is 6.22. The summed E-state index contributed by atoms with van der Waals surface area (Å²) in [6.07, 6.45) is 3.04. The van der Waals surface area contributed by atoms with Crippen molar-refractivity contribution in [2.24, 2.45) is 5.92 Å². The van der Waals surface area contributed by atoms with Crippen molar-refractivity contribution in [1.82, 2.24) is 9.88 Å². The Morgan fingerprint density at radius 3 is 2.60 bits per heavy atom. The first kappa shape index (κ1) is 15.1. The molecule has 0 spiro atoms. The summed E-state index contributed by atoms with van der Waals surface area (Å²) in [6, 6.07) is 2.60. The Bertz CT molecular complexity index is 487. The predicted molar refractivity (Wildman–Crippen MR) is 80.0 cm³/mol. The molecule has 1 aromatic rings. The third-order valence-corrected chi connectivity index (χ3v) is 4.20. The van der Waals surface area contributed by atoms with Crippen LogP contribution >= 0.6 is 0 Å². The van der Waals surface area contributed by atoms with Crippen LogP contribution in [0.25, 0.3) is 0 Å². The summed E-state index contributed by atoms with van der Waals surface area (Å²) in [7, 11) is 0. The fourth-order valence-electron chi connectivity index (χ4n) is 2.86. The Hall–Kier alpha value is -1.29. The number of aliphatic hydroxyl groups is 1. The topological polar surface area (TPSA) is 54.3 Å². The summed E-state index contributed by atoms with van der Waals surface area (Å²) >= 11 is 0. The van der Waals surface area contributed by atoms with E-state index in [2.05, 4.69) is 30.7 Å². The first-order valence-electron chi connectivity index (χ1n) is 7.55. The zero-order valence-corrected chi connectivity index (χ0v) is 12.9. The van der Waals surface area contributed by atoms with E-state index in [1.165, 1.54) is 18.5 Å². The summed E-state index contributed by atoms with van der Waals surface area (Å²) in [6.45, 7) is 8.32. The van der Waals surface area contributed by atoms with Crippen LogP contribution in [0.3, 0.4) is 0 Å². The average Bonchev–Trinajstić information content (AvgIpc) is 3.15. The average molecular weight is 278 g/mol. The summed E-state index contributed by atoms with van der Waals surface area (Å²) in [5.74, 6) is 0.301. The Labute approximate surface area is 121 Å². The number of hydrogen-bond acceptors (Lipinski definition) is 2. The monoisotopic (exact) mass is 278 g/mol. The van der Waals surface area contributed by atoms with Crippen LogP contribution in [0, 0.1) is 19.8 Å². The molecule has 2 rings (SSSR count). The molecule has 1 atom stereocenters. The van der Waals surface area contributed by atoms with Crippen LogP contribution in [-0.4, -0.2) is 28.2 Å². The molecule has 1 fully saturated rings. The van der Waals surface area contributed by atoms with E-state index in [4.69, 9.17) is 5.11 Å². The molecule has 1 heterocycles. The maximum absolute atomic E-state index is 12.5. The van der Waals surface area contributed by atoms with Gasteiger partial charge >= 0.3 is 0 Å². The van der Waals surface area contributed by atoms with Gasteiger partial charge in [-0.1, -0.05) is 13.8 Å². The van der Waals surface area contributed by atoms with Crippen molar-refractivity contribution >= 4 is 5.91 Å². The van der Waals surface area contributed by atoms with E-state index >= 15 is 0 Å². The number of hydrogen-bond donors (Lipinski definition) is 2. The zero-order valence-electron chi connectivity index (χ0n) is 12.9. The molecule has 1 unspecified atom stereocenters. The Kier molecular flexibility index (Phi) is 4.53. The maximum Gasteiger partial charge on any atom is 0.253 e. The third-order valence-electron chi connectivity index (χ3n) is 4.20. The van der Waals surface area contributed by atoms with Gasteiger partial charge in [0.2, 0.25) is 0 Å². The predicted octanol–water partition coefficient (Wildman–Crippen LogP) is 2.58. The lowest BCUT2D eigenvalue weighted by molar-refractivity contribution is 0.0916. The lowest BCUT2D eigenvalue weighted by Crippen LogP contribution is -2.39. The maximum atomic E-state index is 12.5. The zero-order chi connectivity index (χ0) is 14.9.